The van der Waals surface area contributed by atoms with E-state index in [2.05, 4.69) is 41.4 Å². The van der Waals surface area contributed by atoms with Gasteiger partial charge < -0.3 is 5.11 Å². The molecular formula is C32H23ClFN3O. The molecule has 6 aromatic rings. The first-order valence-electron chi connectivity index (χ1n) is 12.2. The summed E-state index contributed by atoms with van der Waals surface area (Å²) in [7, 11) is 0. The summed E-state index contributed by atoms with van der Waals surface area (Å²) in [4.78, 5) is 4.12. The summed E-state index contributed by atoms with van der Waals surface area (Å²) in [5.74, 6) is -0.497. The summed E-state index contributed by atoms with van der Waals surface area (Å²) in [6, 6.07) is 37.0. The van der Waals surface area contributed by atoms with Crippen LogP contribution in [0.15, 0.2) is 121 Å². The van der Waals surface area contributed by atoms with E-state index in [4.69, 9.17) is 16.7 Å². The molecule has 1 N–H and O–H groups in total. The normalized spacial score (nSPS) is 11.7. The minimum atomic E-state index is -0.940. The smallest absolute Gasteiger partial charge is 0.138 e. The van der Waals surface area contributed by atoms with Crippen molar-refractivity contribution >= 4 is 22.5 Å². The van der Waals surface area contributed by atoms with E-state index in [0.29, 0.717) is 21.7 Å². The Morgan fingerprint density at radius 3 is 1.82 bits per heavy atom. The molecule has 0 bridgehead atoms. The monoisotopic (exact) mass is 519 g/mol. The molecule has 0 aliphatic heterocycles. The zero-order valence-electron chi connectivity index (χ0n) is 20.3. The van der Waals surface area contributed by atoms with E-state index < -0.39 is 18.0 Å². The fraction of sp³-hybridized carbons (Fsp3) is 0.0625. The largest absolute Gasteiger partial charge is 0.392 e. The van der Waals surface area contributed by atoms with Crippen molar-refractivity contribution in [2.45, 2.75) is 12.1 Å². The van der Waals surface area contributed by atoms with Crippen LogP contribution in [-0.2, 0) is 12.1 Å². The third kappa shape index (κ3) is 3.88. The zero-order chi connectivity index (χ0) is 26.1. The average molecular weight is 520 g/mol. The van der Waals surface area contributed by atoms with Gasteiger partial charge in [-0.1, -0.05) is 103 Å². The van der Waals surface area contributed by atoms with E-state index in [9.17, 15) is 5.11 Å². The molecule has 0 fully saturated rings. The van der Waals surface area contributed by atoms with Crippen molar-refractivity contribution in [1.29, 1.82) is 0 Å². The van der Waals surface area contributed by atoms with E-state index in [0.717, 1.165) is 22.3 Å². The first-order chi connectivity index (χ1) is 18.6. The molecule has 0 saturated carbocycles. The molecule has 0 amide bonds. The molecule has 6 rings (SSSR count). The molecule has 0 aliphatic rings. The number of aliphatic hydroxyl groups is 1. The van der Waals surface area contributed by atoms with Crippen LogP contribution in [0.2, 0.25) is 5.15 Å². The van der Waals surface area contributed by atoms with Gasteiger partial charge in [-0.2, -0.15) is 5.10 Å². The van der Waals surface area contributed by atoms with Crippen molar-refractivity contribution in [2.75, 3.05) is 0 Å². The Balaban J connectivity index is 1.82. The maximum absolute atomic E-state index is 15.3. The molecule has 0 aliphatic carbocycles. The first kappa shape index (κ1) is 24.0. The quantitative estimate of drug-likeness (QED) is 0.187. The summed E-state index contributed by atoms with van der Waals surface area (Å²) < 4.78 is 17.2. The Bertz CT molecular complexity index is 1620. The second kappa shape index (κ2) is 9.86. The van der Waals surface area contributed by atoms with Crippen molar-refractivity contribution in [3.8, 4) is 11.3 Å². The van der Waals surface area contributed by atoms with Gasteiger partial charge >= 0.3 is 0 Å². The van der Waals surface area contributed by atoms with Gasteiger partial charge in [0.2, 0.25) is 0 Å². The Hall–Kier alpha value is -4.32. The SMILES string of the molecule is OCc1cc2c(-c3ccnc(Cl)c3)nn(C(c3ccccc3)(c3ccccc3)c3ccccc3)c2cc1F. The predicted molar refractivity (Wildman–Crippen MR) is 148 cm³/mol. The number of aromatic nitrogens is 3. The fourth-order valence-electron chi connectivity index (χ4n) is 5.23. The highest BCUT2D eigenvalue weighted by molar-refractivity contribution is 6.29. The molecule has 0 spiro atoms. The van der Waals surface area contributed by atoms with Crippen LogP contribution < -0.4 is 0 Å². The Morgan fingerprint density at radius 1 is 0.763 bits per heavy atom. The number of benzene rings is 4. The summed E-state index contributed by atoms with van der Waals surface area (Å²) in [6.07, 6.45) is 1.62. The molecule has 6 heteroatoms. The lowest BCUT2D eigenvalue weighted by Gasteiger charge is -2.37. The van der Waals surface area contributed by atoms with Gasteiger partial charge in [-0.05, 0) is 34.9 Å². The van der Waals surface area contributed by atoms with Crippen LogP contribution >= 0.6 is 11.6 Å². The van der Waals surface area contributed by atoms with Crippen molar-refractivity contribution < 1.29 is 9.50 Å². The number of fused-ring (bicyclic) bond motifs is 1. The number of hydrogen-bond donors (Lipinski definition) is 1. The van der Waals surface area contributed by atoms with E-state index in [-0.39, 0.29) is 5.56 Å². The van der Waals surface area contributed by atoms with Crippen LogP contribution in [0.3, 0.4) is 0 Å². The first-order valence-corrected chi connectivity index (χ1v) is 12.6. The van der Waals surface area contributed by atoms with E-state index in [1.54, 1.807) is 18.3 Å². The molecule has 4 aromatic carbocycles. The van der Waals surface area contributed by atoms with Crippen molar-refractivity contribution in [3.63, 3.8) is 0 Å². The van der Waals surface area contributed by atoms with Crippen LogP contribution in [0.1, 0.15) is 22.3 Å². The number of pyridine rings is 1. The summed E-state index contributed by atoms with van der Waals surface area (Å²) >= 11 is 6.27. The molecule has 186 valence electrons. The number of aliphatic hydroxyl groups excluding tert-OH is 1. The van der Waals surface area contributed by atoms with Gasteiger partial charge in [-0.3, -0.25) is 0 Å². The predicted octanol–water partition coefficient (Wildman–Crippen LogP) is 7.22. The molecule has 38 heavy (non-hydrogen) atoms. The standard InChI is InChI=1S/C32H23ClFN3O/c33-30-19-22(16-17-35-30)31-27-18-23(21-38)28(34)20-29(27)37(36-31)32(24-10-4-1-5-11-24,25-12-6-2-7-13-25)26-14-8-3-9-15-26/h1-20,38H,21H2. The lowest BCUT2D eigenvalue weighted by Crippen LogP contribution is -2.38. The van der Waals surface area contributed by atoms with Gasteiger partial charge in [-0.15, -0.1) is 0 Å². The van der Waals surface area contributed by atoms with Crippen molar-refractivity contribution in [3.05, 3.63) is 155 Å². The molecular weight excluding hydrogens is 497 g/mol. The van der Waals surface area contributed by atoms with Crippen LogP contribution in [-0.4, -0.2) is 19.9 Å². The molecule has 0 atom stereocenters. The average Bonchev–Trinajstić information content (AvgIpc) is 3.33. The highest BCUT2D eigenvalue weighted by atomic mass is 35.5. The highest BCUT2D eigenvalue weighted by Gasteiger charge is 2.41. The lowest BCUT2D eigenvalue weighted by atomic mass is 9.77. The van der Waals surface area contributed by atoms with Crippen LogP contribution in [0.5, 0.6) is 0 Å². The van der Waals surface area contributed by atoms with Gasteiger partial charge in [0, 0.05) is 28.8 Å². The number of rotatable bonds is 6. The van der Waals surface area contributed by atoms with Gasteiger partial charge in [0.15, 0.2) is 0 Å². The molecule has 0 radical (unpaired) electrons. The second-order valence-corrected chi connectivity index (χ2v) is 9.44. The molecule has 2 aromatic heterocycles. The van der Waals surface area contributed by atoms with Crippen molar-refractivity contribution in [1.82, 2.24) is 14.8 Å². The molecule has 0 saturated heterocycles. The second-order valence-electron chi connectivity index (χ2n) is 9.06. The molecule has 4 nitrogen and oxygen atoms in total. The van der Waals surface area contributed by atoms with Gasteiger partial charge in [0.1, 0.15) is 22.2 Å². The summed E-state index contributed by atoms with van der Waals surface area (Å²) in [5.41, 5.74) is 4.10. The van der Waals surface area contributed by atoms with Gasteiger partial charge in [-0.25, -0.2) is 14.1 Å². The maximum atomic E-state index is 15.3. The topological polar surface area (TPSA) is 50.9 Å². The Morgan fingerprint density at radius 2 is 1.32 bits per heavy atom. The Labute approximate surface area is 224 Å². The van der Waals surface area contributed by atoms with Crippen LogP contribution in [0.4, 0.5) is 4.39 Å². The molecule has 2 heterocycles. The summed E-state index contributed by atoms with van der Waals surface area (Å²) in [6.45, 7) is -0.426. The number of nitrogens with zero attached hydrogens (tertiary/aromatic N) is 3. The fourth-order valence-corrected chi connectivity index (χ4v) is 5.40. The van der Waals surface area contributed by atoms with Crippen LogP contribution in [0.25, 0.3) is 22.2 Å². The van der Waals surface area contributed by atoms with Gasteiger partial charge in [0.05, 0.1) is 12.1 Å². The van der Waals surface area contributed by atoms with Gasteiger partial charge in [0.25, 0.3) is 0 Å². The third-order valence-electron chi connectivity index (χ3n) is 6.91. The highest BCUT2D eigenvalue weighted by Crippen LogP contribution is 2.44. The number of halogens is 2. The molecule has 0 unspecified atom stereocenters. The van der Waals surface area contributed by atoms with E-state index in [1.807, 2.05) is 65.3 Å². The van der Waals surface area contributed by atoms with E-state index in [1.165, 1.54) is 6.07 Å². The third-order valence-corrected chi connectivity index (χ3v) is 7.12. The maximum Gasteiger partial charge on any atom is 0.138 e. The lowest BCUT2D eigenvalue weighted by molar-refractivity contribution is 0.276. The summed E-state index contributed by atoms with van der Waals surface area (Å²) in [5, 5.41) is 16.1. The minimum Gasteiger partial charge on any atom is -0.392 e. The van der Waals surface area contributed by atoms with Crippen molar-refractivity contribution in [2.24, 2.45) is 0 Å². The number of hydrogen-bond acceptors (Lipinski definition) is 3. The minimum absolute atomic E-state index is 0.197. The van der Waals surface area contributed by atoms with Crippen LogP contribution in [0, 0.1) is 5.82 Å². The Kier molecular flexibility index (Phi) is 6.24. The zero-order valence-corrected chi connectivity index (χ0v) is 21.1. The van der Waals surface area contributed by atoms with E-state index >= 15 is 4.39 Å².